The van der Waals surface area contributed by atoms with E-state index in [1.807, 2.05) is 0 Å². The van der Waals surface area contributed by atoms with Gasteiger partial charge < -0.3 is 25.6 Å². The standard InChI is InChI=1S/C23H20BrN3O5S.Na/c1-12-20(33-13(2)26-12)10-19(23(31)32)27-22(30)17-7-6-15(9-18(17)24)21(29)25-11-14-4-3-5-16(28)8-14;/h3-10,28H,11H2,1-2H3,(H,25,29)(H,27,30)(H,31,32);/q;+1/p-1/b19-10-;. The molecule has 0 aliphatic carbocycles. The van der Waals surface area contributed by atoms with Gasteiger partial charge in [-0.25, -0.2) is 4.98 Å². The fourth-order valence-corrected chi connectivity index (χ4v) is 4.37. The molecule has 0 spiro atoms. The van der Waals surface area contributed by atoms with E-state index in [0.29, 0.717) is 20.6 Å². The van der Waals surface area contributed by atoms with Crippen LogP contribution < -0.4 is 45.3 Å². The number of aryl methyl sites for hydroxylation is 2. The molecule has 0 atom stereocenters. The molecule has 1 heterocycles. The van der Waals surface area contributed by atoms with Crippen molar-refractivity contribution in [2.45, 2.75) is 20.4 Å². The van der Waals surface area contributed by atoms with E-state index < -0.39 is 17.6 Å². The van der Waals surface area contributed by atoms with Crippen LogP contribution in [-0.4, -0.2) is 27.9 Å². The fourth-order valence-electron chi connectivity index (χ4n) is 2.94. The van der Waals surface area contributed by atoms with Crippen LogP contribution in [0.2, 0.25) is 0 Å². The molecule has 3 N–H and O–H groups in total. The first-order chi connectivity index (χ1) is 15.6. The Morgan fingerprint density at radius 1 is 1.15 bits per heavy atom. The van der Waals surface area contributed by atoms with Crippen LogP contribution in [0.5, 0.6) is 5.75 Å². The number of amides is 2. The Balaban J connectivity index is 0.00000408. The van der Waals surface area contributed by atoms with Crippen LogP contribution >= 0.6 is 27.3 Å². The van der Waals surface area contributed by atoms with Gasteiger partial charge in [0.2, 0.25) is 0 Å². The van der Waals surface area contributed by atoms with E-state index in [2.05, 4.69) is 31.5 Å². The molecule has 170 valence electrons. The number of carboxylic acid groups (broad SMARTS) is 1. The van der Waals surface area contributed by atoms with Crippen LogP contribution in [0, 0.1) is 13.8 Å². The van der Waals surface area contributed by atoms with Crippen molar-refractivity contribution in [2.24, 2.45) is 0 Å². The van der Waals surface area contributed by atoms with Crippen molar-refractivity contribution in [1.29, 1.82) is 0 Å². The molecule has 0 aliphatic heterocycles. The van der Waals surface area contributed by atoms with Gasteiger partial charge >= 0.3 is 29.6 Å². The molecule has 1 aromatic heterocycles. The topological polar surface area (TPSA) is 131 Å². The number of carboxylic acids is 1. The van der Waals surface area contributed by atoms with Gasteiger partial charge in [-0.3, -0.25) is 9.59 Å². The van der Waals surface area contributed by atoms with E-state index in [1.165, 1.54) is 41.7 Å². The maximum absolute atomic E-state index is 12.7. The van der Waals surface area contributed by atoms with E-state index in [9.17, 15) is 24.6 Å². The summed E-state index contributed by atoms with van der Waals surface area (Å²) < 4.78 is 0.313. The van der Waals surface area contributed by atoms with E-state index in [-0.39, 0.29) is 53.3 Å². The summed E-state index contributed by atoms with van der Waals surface area (Å²) in [6.45, 7) is 3.75. The van der Waals surface area contributed by atoms with Gasteiger partial charge in [0.15, 0.2) is 0 Å². The SMILES string of the molecule is Cc1nc(C)c(/C=C(\NC(=O)c2ccc(C(=O)NCc3cccc(O)c3)cc2Br)C(=O)[O-])s1.[Na+]. The third-order valence-electron chi connectivity index (χ3n) is 4.52. The average Bonchev–Trinajstić information content (AvgIpc) is 3.07. The summed E-state index contributed by atoms with van der Waals surface area (Å²) in [5.41, 5.74) is 1.42. The maximum Gasteiger partial charge on any atom is 1.00 e. The van der Waals surface area contributed by atoms with Crippen LogP contribution in [-0.2, 0) is 11.3 Å². The first kappa shape index (κ1) is 27.7. The van der Waals surface area contributed by atoms with Crippen LogP contribution in [0.3, 0.4) is 0 Å². The third-order valence-corrected chi connectivity index (χ3v) is 6.20. The van der Waals surface area contributed by atoms with Crippen LogP contribution in [0.25, 0.3) is 6.08 Å². The zero-order valence-corrected chi connectivity index (χ0v) is 23.0. The average molecular weight is 552 g/mol. The van der Waals surface area contributed by atoms with Gasteiger partial charge in [-0.2, -0.15) is 0 Å². The van der Waals surface area contributed by atoms with E-state index in [1.54, 1.807) is 32.0 Å². The Hall–Kier alpha value is -2.50. The van der Waals surface area contributed by atoms with Gasteiger partial charge in [-0.1, -0.05) is 12.1 Å². The monoisotopic (exact) mass is 551 g/mol. The van der Waals surface area contributed by atoms with Crippen LogP contribution in [0.4, 0.5) is 0 Å². The molecule has 0 saturated carbocycles. The smallest absolute Gasteiger partial charge is 0.543 e. The van der Waals surface area contributed by atoms with Crippen molar-refractivity contribution in [1.82, 2.24) is 15.6 Å². The molecule has 2 aromatic carbocycles. The van der Waals surface area contributed by atoms with Crippen molar-refractivity contribution in [3.8, 4) is 5.75 Å². The fraction of sp³-hybridized carbons (Fsp3) is 0.130. The number of hydrogen-bond donors (Lipinski definition) is 3. The Morgan fingerprint density at radius 3 is 2.47 bits per heavy atom. The number of phenolic OH excluding ortho intramolecular Hbond substituents is 1. The molecule has 2 amide bonds. The Morgan fingerprint density at radius 2 is 1.88 bits per heavy atom. The minimum atomic E-state index is -1.53. The second kappa shape index (κ2) is 12.3. The molecule has 0 saturated heterocycles. The summed E-state index contributed by atoms with van der Waals surface area (Å²) in [5.74, 6) is -2.49. The Bertz CT molecular complexity index is 1280. The summed E-state index contributed by atoms with van der Waals surface area (Å²) in [7, 11) is 0. The van der Waals surface area contributed by atoms with Gasteiger partial charge in [0, 0.05) is 16.6 Å². The second-order valence-electron chi connectivity index (χ2n) is 7.03. The van der Waals surface area contributed by atoms with Gasteiger partial charge in [0.25, 0.3) is 11.8 Å². The molecule has 3 aromatic rings. The normalized spacial score (nSPS) is 10.9. The first-order valence-electron chi connectivity index (χ1n) is 9.68. The number of carbonyl (C=O) groups is 3. The molecule has 3 rings (SSSR count). The summed E-state index contributed by atoms with van der Waals surface area (Å²) in [6, 6.07) is 10.8. The maximum atomic E-state index is 12.7. The number of hydrogen-bond acceptors (Lipinski definition) is 7. The molecule has 0 aliphatic rings. The van der Waals surface area contributed by atoms with E-state index in [0.717, 1.165) is 10.6 Å². The largest absolute Gasteiger partial charge is 1.00 e. The van der Waals surface area contributed by atoms with Crippen LogP contribution in [0.15, 0.2) is 52.6 Å². The quantitative estimate of drug-likeness (QED) is 0.272. The van der Waals surface area contributed by atoms with Gasteiger partial charge in [-0.05, 0) is 71.7 Å². The minimum absolute atomic E-state index is 0. The molecular weight excluding hydrogens is 533 g/mol. The number of thiazole rings is 1. The number of aromatic nitrogens is 1. The van der Waals surface area contributed by atoms with Crippen LogP contribution in [0.1, 0.15) is 41.9 Å². The Kier molecular flexibility index (Phi) is 10.0. The number of carbonyl (C=O) groups excluding carboxylic acids is 3. The third kappa shape index (κ3) is 7.25. The van der Waals surface area contributed by atoms with E-state index in [4.69, 9.17) is 0 Å². The predicted octanol–water partition coefficient (Wildman–Crippen LogP) is -0.317. The van der Waals surface area contributed by atoms with Crippen molar-refractivity contribution in [3.05, 3.63) is 84.9 Å². The number of nitrogens with zero attached hydrogens (tertiary/aromatic N) is 1. The number of benzene rings is 2. The molecule has 8 nitrogen and oxygen atoms in total. The number of aliphatic carboxylic acids is 1. The van der Waals surface area contributed by atoms with Gasteiger partial charge in [0.05, 0.1) is 32.8 Å². The molecule has 0 bridgehead atoms. The predicted molar refractivity (Wildman–Crippen MR) is 125 cm³/mol. The van der Waals surface area contributed by atoms with Crippen molar-refractivity contribution < 1.29 is 54.2 Å². The summed E-state index contributed by atoms with van der Waals surface area (Å²) >= 11 is 4.56. The summed E-state index contributed by atoms with van der Waals surface area (Å²) in [4.78, 5) is 41.5. The van der Waals surface area contributed by atoms with Crippen molar-refractivity contribution in [2.75, 3.05) is 0 Å². The summed E-state index contributed by atoms with van der Waals surface area (Å²) in [6.07, 6.45) is 1.31. The number of nitrogens with one attached hydrogen (secondary N) is 2. The molecule has 34 heavy (non-hydrogen) atoms. The van der Waals surface area contributed by atoms with Crippen molar-refractivity contribution in [3.63, 3.8) is 0 Å². The number of phenols is 1. The molecule has 0 unspecified atom stereocenters. The minimum Gasteiger partial charge on any atom is -0.543 e. The van der Waals surface area contributed by atoms with Gasteiger partial charge in [0.1, 0.15) is 5.75 Å². The number of rotatable bonds is 7. The molecule has 11 heteroatoms. The van der Waals surface area contributed by atoms with Gasteiger partial charge in [-0.15, -0.1) is 11.3 Å². The number of halogens is 1. The molecule has 0 radical (unpaired) electrons. The van der Waals surface area contributed by atoms with E-state index >= 15 is 0 Å². The molecule has 0 fully saturated rings. The zero-order chi connectivity index (χ0) is 24.1. The number of aromatic hydroxyl groups is 1. The zero-order valence-electron chi connectivity index (χ0n) is 18.6. The molecular formula is C23H19BrN3NaO5S. The van der Waals surface area contributed by atoms with Crippen molar-refractivity contribution >= 4 is 51.1 Å². The summed E-state index contributed by atoms with van der Waals surface area (Å²) in [5, 5.41) is 26.9. The Labute approximate surface area is 230 Å². The first-order valence-corrected chi connectivity index (χ1v) is 11.3. The second-order valence-corrected chi connectivity index (χ2v) is 9.12.